The summed E-state index contributed by atoms with van der Waals surface area (Å²) in [4.78, 5) is 11.1. The maximum atomic E-state index is 12.9. The van der Waals surface area contributed by atoms with E-state index >= 15 is 0 Å². The molecule has 1 aromatic carbocycles. The molecule has 0 radical (unpaired) electrons. The van der Waals surface area contributed by atoms with E-state index in [1.54, 1.807) is 25.1 Å². The van der Waals surface area contributed by atoms with Gasteiger partial charge in [0.2, 0.25) is 0 Å². The van der Waals surface area contributed by atoms with Crippen LogP contribution in [0.2, 0.25) is 0 Å². The molecule has 17 heavy (non-hydrogen) atoms. The highest BCUT2D eigenvalue weighted by Crippen LogP contribution is 2.13. The van der Waals surface area contributed by atoms with Crippen LogP contribution in [0.3, 0.4) is 0 Å². The van der Waals surface area contributed by atoms with E-state index in [-0.39, 0.29) is 19.0 Å². The van der Waals surface area contributed by atoms with E-state index in [2.05, 4.69) is 0 Å². The van der Waals surface area contributed by atoms with E-state index in [0.717, 1.165) is 0 Å². The van der Waals surface area contributed by atoms with Gasteiger partial charge in [-0.25, -0.2) is 4.39 Å². The molecule has 0 bridgehead atoms. The normalized spacial score (nSPS) is 10.8. The Bertz CT molecular complexity index is 413. The fourth-order valence-corrected chi connectivity index (χ4v) is 1.38. The molecule has 0 saturated heterocycles. The molecule has 0 unspecified atom stereocenters. The summed E-state index contributed by atoms with van der Waals surface area (Å²) in [6.45, 7) is 1.85. The van der Waals surface area contributed by atoms with Gasteiger partial charge in [-0.15, -0.1) is 0 Å². The third-order valence-electron chi connectivity index (χ3n) is 2.16. The van der Waals surface area contributed by atoms with Gasteiger partial charge in [-0.05, 0) is 30.2 Å². The number of halogens is 1. The lowest BCUT2D eigenvalue weighted by Crippen LogP contribution is -2.01. The van der Waals surface area contributed by atoms with E-state index in [4.69, 9.17) is 9.84 Å². The molecule has 92 valence electrons. The summed E-state index contributed by atoms with van der Waals surface area (Å²) >= 11 is 0. The third kappa shape index (κ3) is 4.36. The maximum absolute atomic E-state index is 12.9. The van der Waals surface area contributed by atoms with Crippen molar-refractivity contribution in [1.82, 2.24) is 0 Å². The van der Waals surface area contributed by atoms with Crippen molar-refractivity contribution in [3.63, 3.8) is 0 Å². The van der Waals surface area contributed by atoms with Gasteiger partial charge in [0.1, 0.15) is 5.82 Å². The zero-order chi connectivity index (χ0) is 12.7. The molecule has 4 heteroatoms. The molecule has 0 heterocycles. The van der Waals surface area contributed by atoms with Crippen LogP contribution in [0.1, 0.15) is 24.5 Å². The van der Waals surface area contributed by atoms with Gasteiger partial charge in [0, 0.05) is 0 Å². The summed E-state index contributed by atoms with van der Waals surface area (Å²) in [5.41, 5.74) is 1.18. The quantitative estimate of drug-likeness (QED) is 0.800. The number of rotatable bonds is 5. The zero-order valence-electron chi connectivity index (χ0n) is 9.65. The number of hydrogen-bond donors (Lipinski definition) is 1. The molecular formula is C13H15FO3. The highest BCUT2D eigenvalue weighted by molar-refractivity contribution is 5.72. The minimum Gasteiger partial charge on any atom is -0.466 e. The molecule has 1 rings (SSSR count). The van der Waals surface area contributed by atoms with Crippen LogP contribution in [0.15, 0.2) is 24.3 Å². The first-order valence-corrected chi connectivity index (χ1v) is 5.38. The molecule has 1 N–H and O–H groups in total. The van der Waals surface area contributed by atoms with Gasteiger partial charge in [0.15, 0.2) is 0 Å². The Hall–Kier alpha value is -1.68. The Morgan fingerprint density at radius 1 is 1.53 bits per heavy atom. The average molecular weight is 238 g/mol. The molecule has 0 saturated carbocycles. The summed E-state index contributed by atoms with van der Waals surface area (Å²) < 4.78 is 17.6. The van der Waals surface area contributed by atoms with Gasteiger partial charge in [-0.3, -0.25) is 4.79 Å². The van der Waals surface area contributed by atoms with E-state index in [0.29, 0.717) is 17.7 Å². The SMILES string of the molecule is CCOC(=O)CC=Cc1ccc(F)cc1CO. The predicted octanol–water partition coefficient (Wildman–Crippen LogP) is 2.28. The van der Waals surface area contributed by atoms with Crippen LogP contribution in [0, 0.1) is 5.82 Å². The Morgan fingerprint density at radius 2 is 2.29 bits per heavy atom. The first-order valence-electron chi connectivity index (χ1n) is 5.38. The lowest BCUT2D eigenvalue weighted by molar-refractivity contribution is -0.142. The van der Waals surface area contributed by atoms with Crippen molar-refractivity contribution in [3.05, 3.63) is 41.2 Å². The highest BCUT2D eigenvalue weighted by Gasteiger charge is 2.01. The van der Waals surface area contributed by atoms with E-state index < -0.39 is 5.82 Å². The number of aliphatic hydroxyl groups excluding tert-OH is 1. The second kappa shape index (κ2) is 6.81. The van der Waals surface area contributed by atoms with Crippen molar-refractivity contribution in [2.45, 2.75) is 20.0 Å². The third-order valence-corrected chi connectivity index (χ3v) is 2.16. The van der Waals surface area contributed by atoms with Gasteiger partial charge in [0.05, 0.1) is 19.6 Å². The van der Waals surface area contributed by atoms with Crippen LogP contribution in [-0.2, 0) is 16.1 Å². The molecule has 0 aliphatic heterocycles. The van der Waals surface area contributed by atoms with E-state index in [1.807, 2.05) is 0 Å². The first kappa shape index (κ1) is 13.4. The Labute approximate surface area is 99.5 Å². The van der Waals surface area contributed by atoms with Crippen molar-refractivity contribution in [1.29, 1.82) is 0 Å². The van der Waals surface area contributed by atoms with Crippen LogP contribution in [-0.4, -0.2) is 17.7 Å². The number of carbonyl (C=O) groups is 1. The van der Waals surface area contributed by atoms with Gasteiger partial charge < -0.3 is 9.84 Å². The molecule has 0 aromatic heterocycles. The first-order chi connectivity index (χ1) is 8.17. The molecule has 0 amide bonds. The van der Waals surface area contributed by atoms with Gasteiger partial charge >= 0.3 is 5.97 Å². The zero-order valence-corrected chi connectivity index (χ0v) is 9.65. The maximum Gasteiger partial charge on any atom is 0.309 e. The predicted molar refractivity (Wildman–Crippen MR) is 62.6 cm³/mol. The minimum atomic E-state index is -0.392. The summed E-state index contributed by atoms with van der Waals surface area (Å²) in [5.74, 6) is -0.701. The lowest BCUT2D eigenvalue weighted by Gasteiger charge is -2.02. The van der Waals surface area contributed by atoms with Crippen molar-refractivity contribution in [3.8, 4) is 0 Å². The molecule has 1 aromatic rings. The molecular weight excluding hydrogens is 223 g/mol. The number of ether oxygens (including phenoxy) is 1. The second-order valence-corrected chi connectivity index (χ2v) is 3.41. The molecule has 0 aliphatic carbocycles. The number of aliphatic hydroxyl groups is 1. The lowest BCUT2D eigenvalue weighted by atomic mass is 10.1. The number of benzene rings is 1. The van der Waals surface area contributed by atoms with Gasteiger partial charge in [-0.1, -0.05) is 18.2 Å². The molecule has 0 fully saturated rings. The van der Waals surface area contributed by atoms with Crippen LogP contribution >= 0.6 is 0 Å². The Balaban J connectivity index is 2.67. The fraction of sp³-hybridized carbons (Fsp3) is 0.308. The minimum absolute atomic E-state index is 0.163. The van der Waals surface area contributed by atoms with Gasteiger partial charge in [-0.2, -0.15) is 0 Å². The van der Waals surface area contributed by atoms with Crippen molar-refractivity contribution in [2.24, 2.45) is 0 Å². The number of esters is 1. The smallest absolute Gasteiger partial charge is 0.309 e. The number of carbonyl (C=O) groups excluding carboxylic acids is 1. The van der Waals surface area contributed by atoms with Crippen LogP contribution < -0.4 is 0 Å². The summed E-state index contributed by atoms with van der Waals surface area (Å²) in [6, 6.07) is 4.13. The topological polar surface area (TPSA) is 46.5 Å². The Kier molecular flexibility index (Phi) is 5.36. The molecule has 0 aliphatic rings. The largest absolute Gasteiger partial charge is 0.466 e. The van der Waals surface area contributed by atoms with E-state index in [1.165, 1.54) is 12.1 Å². The standard InChI is InChI=1S/C13H15FO3/c1-2-17-13(16)5-3-4-10-6-7-12(14)8-11(10)9-15/h3-4,6-8,15H,2,5,9H2,1H3. The number of hydrogen-bond acceptors (Lipinski definition) is 3. The van der Waals surface area contributed by atoms with Crippen molar-refractivity contribution in [2.75, 3.05) is 6.61 Å². The van der Waals surface area contributed by atoms with E-state index in [9.17, 15) is 9.18 Å². The van der Waals surface area contributed by atoms with Crippen molar-refractivity contribution >= 4 is 12.0 Å². The monoisotopic (exact) mass is 238 g/mol. The Morgan fingerprint density at radius 3 is 2.94 bits per heavy atom. The van der Waals surface area contributed by atoms with Crippen LogP contribution in [0.4, 0.5) is 4.39 Å². The fourth-order valence-electron chi connectivity index (χ4n) is 1.38. The molecule has 0 spiro atoms. The molecule has 0 atom stereocenters. The second-order valence-electron chi connectivity index (χ2n) is 3.41. The average Bonchev–Trinajstić information content (AvgIpc) is 2.31. The van der Waals surface area contributed by atoms with Crippen molar-refractivity contribution < 1.29 is 19.0 Å². The van der Waals surface area contributed by atoms with Crippen LogP contribution in [0.25, 0.3) is 6.08 Å². The summed E-state index contributed by atoms with van der Waals surface area (Å²) in [7, 11) is 0. The van der Waals surface area contributed by atoms with Gasteiger partial charge in [0.25, 0.3) is 0 Å². The highest BCUT2D eigenvalue weighted by atomic mass is 19.1. The molecule has 3 nitrogen and oxygen atoms in total. The summed E-state index contributed by atoms with van der Waals surface area (Å²) in [6.07, 6.45) is 3.46. The van der Waals surface area contributed by atoms with Crippen LogP contribution in [0.5, 0.6) is 0 Å². The summed E-state index contributed by atoms with van der Waals surface area (Å²) in [5, 5.41) is 9.04.